The van der Waals surface area contributed by atoms with Crippen molar-refractivity contribution in [2.75, 3.05) is 11.5 Å². The number of amides is 2. The van der Waals surface area contributed by atoms with Gasteiger partial charge in [0.25, 0.3) is 11.8 Å². The molecule has 0 aromatic heterocycles. The summed E-state index contributed by atoms with van der Waals surface area (Å²) in [6.45, 7) is 0.141. The first-order chi connectivity index (χ1) is 12.5. The summed E-state index contributed by atoms with van der Waals surface area (Å²) in [5.74, 6) is -0.447. The van der Waals surface area contributed by atoms with Gasteiger partial charge in [0, 0.05) is 5.56 Å². The SMILES string of the molecule is O=C(NO)c1ccc2c(c1)N(Cc1ccc(CS(=O)O)cc1)C(=O)CO2. The highest BCUT2D eigenvalue weighted by molar-refractivity contribution is 7.78. The Kier molecular flexibility index (Phi) is 5.31. The summed E-state index contributed by atoms with van der Waals surface area (Å²) in [7, 11) is 0. The molecule has 0 saturated heterocycles. The zero-order valence-corrected chi connectivity index (χ0v) is 14.4. The number of anilines is 1. The molecule has 136 valence electrons. The Hall–Kier alpha value is -2.75. The summed E-state index contributed by atoms with van der Waals surface area (Å²) in [6.07, 6.45) is 0. The number of nitrogens with one attached hydrogen (secondary N) is 1. The average Bonchev–Trinajstić information content (AvgIpc) is 2.64. The van der Waals surface area contributed by atoms with Gasteiger partial charge in [-0.2, -0.15) is 0 Å². The first-order valence-corrected chi connectivity index (χ1v) is 8.92. The lowest BCUT2D eigenvalue weighted by Gasteiger charge is -2.29. The maximum atomic E-state index is 12.3. The summed E-state index contributed by atoms with van der Waals surface area (Å²) in [4.78, 5) is 25.4. The molecule has 2 amide bonds. The van der Waals surface area contributed by atoms with E-state index in [1.54, 1.807) is 35.8 Å². The van der Waals surface area contributed by atoms with Gasteiger partial charge in [0.05, 0.1) is 18.0 Å². The molecule has 1 aliphatic heterocycles. The largest absolute Gasteiger partial charge is 0.482 e. The van der Waals surface area contributed by atoms with Crippen molar-refractivity contribution in [2.24, 2.45) is 0 Å². The Labute approximate surface area is 151 Å². The third kappa shape index (κ3) is 3.90. The summed E-state index contributed by atoms with van der Waals surface area (Å²) >= 11 is -1.91. The Bertz CT molecular complexity index is 868. The van der Waals surface area contributed by atoms with E-state index in [2.05, 4.69) is 0 Å². The van der Waals surface area contributed by atoms with Crippen LogP contribution in [-0.2, 0) is 28.2 Å². The highest BCUT2D eigenvalue weighted by atomic mass is 32.2. The van der Waals surface area contributed by atoms with Gasteiger partial charge in [0.2, 0.25) is 0 Å². The van der Waals surface area contributed by atoms with E-state index in [-0.39, 0.29) is 30.4 Å². The van der Waals surface area contributed by atoms with Crippen molar-refractivity contribution < 1.29 is 28.3 Å². The number of carbonyl (C=O) groups excluding carboxylic acids is 2. The van der Waals surface area contributed by atoms with Crippen LogP contribution in [0.2, 0.25) is 0 Å². The van der Waals surface area contributed by atoms with Crippen LogP contribution in [0.4, 0.5) is 5.69 Å². The molecule has 26 heavy (non-hydrogen) atoms. The molecule has 2 aromatic rings. The Morgan fingerprint density at radius 2 is 1.88 bits per heavy atom. The second kappa shape index (κ2) is 7.65. The van der Waals surface area contributed by atoms with Crippen molar-refractivity contribution in [3.63, 3.8) is 0 Å². The number of hydrogen-bond donors (Lipinski definition) is 3. The van der Waals surface area contributed by atoms with Crippen LogP contribution in [0.1, 0.15) is 21.5 Å². The summed E-state index contributed by atoms with van der Waals surface area (Å²) in [6, 6.07) is 11.5. The van der Waals surface area contributed by atoms with Gasteiger partial charge in [-0.05, 0) is 29.3 Å². The zero-order valence-electron chi connectivity index (χ0n) is 13.5. The van der Waals surface area contributed by atoms with E-state index in [9.17, 15) is 13.8 Å². The van der Waals surface area contributed by atoms with Crippen LogP contribution in [0.3, 0.4) is 0 Å². The first kappa shape index (κ1) is 18.1. The number of rotatable bonds is 5. The van der Waals surface area contributed by atoms with Crippen molar-refractivity contribution in [1.29, 1.82) is 0 Å². The minimum Gasteiger partial charge on any atom is -0.482 e. The van der Waals surface area contributed by atoms with Crippen LogP contribution < -0.4 is 15.1 Å². The van der Waals surface area contributed by atoms with Crippen molar-refractivity contribution in [1.82, 2.24) is 5.48 Å². The summed E-state index contributed by atoms with van der Waals surface area (Å²) in [5, 5.41) is 8.78. The smallest absolute Gasteiger partial charge is 0.274 e. The quantitative estimate of drug-likeness (QED) is 0.413. The molecule has 0 saturated carbocycles. The Morgan fingerprint density at radius 3 is 2.54 bits per heavy atom. The highest BCUT2D eigenvalue weighted by Crippen LogP contribution is 2.34. The number of hydroxylamine groups is 1. The van der Waals surface area contributed by atoms with Crippen molar-refractivity contribution in [2.45, 2.75) is 12.3 Å². The first-order valence-electron chi connectivity index (χ1n) is 7.65. The van der Waals surface area contributed by atoms with E-state index in [1.165, 1.54) is 17.0 Å². The maximum absolute atomic E-state index is 12.3. The van der Waals surface area contributed by atoms with Crippen molar-refractivity contribution in [3.05, 3.63) is 59.2 Å². The average molecular weight is 376 g/mol. The van der Waals surface area contributed by atoms with Gasteiger partial charge in [0.15, 0.2) is 17.7 Å². The molecule has 0 aliphatic carbocycles. The van der Waals surface area contributed by atoms with Gasteiger partial charge < -0.3 is 14.2 Å². The molecule has 9 heteroatoms. The van der Waals surface area contributed by atoms with Crippen LogP contribution in [0.5, 0.6) is 5.75 Å². The monoisotopic (exact) mass is 376 g/mol. The number of benzene rings is 2. The summed E-state index contributed by atoms with van der Waals surface area (Å²) in [5.41, 5.74) is 3.71. The van der Waals surface area contributed by atoms with Gasteiger partial charge >= 0.3 is 0 Å². The summed E-state index contributed by atoms with van der Waals surface area (Å²) < 4.78 is 25.2. The van der Waals surface area contributed by atoms with Crippen LogP contribution >= 0.6 is 0 Å². The van der Waals surface area contributed by atoms with Gasteiger partial charge in [-0.3, -0.25) is 14.8 Å². The van der Waals surface area contributed by atoms with E-state index in [0.717, 1.165) is 5.56 Å². The molecule has 8 nitrogen and oxygen atoms in total. The van der Waals surface area contributed by atoms with E-state index in [1.807, 2.05) is 0 Å². The molecule has 0 fully saturated rings. The van der Waals surface area contributed by atoms with Crippen LogP contribution in [-0.4, -0.2) is 32.4 Å². The second-order valence-corrected chi connectivity index (χ2v) is 6.61. The van der Waals surface area contributed by atoms with Gasteiger partial charge in [0.1, 0.15) is 5.75 Å². The molecule has 1 atom stereocenters. The van der Waals surface area contributed by atoms with E-state index in [4.69, 9.17) is 14.5 Å². The highest BCUT2D eigenvalue weighted by Gasteiger charge is 2.26. The van der Waals surface area contributed by atoms with Gasteiger partial charge in [-0.15, -0.1) is 0 Å². The Morgan fingerprint density at radius 1 is 1.19 bits per heavy atom. The van der Waals surface area contributed by atoms with Crippen LogP contribution in [0, 0.1) is 0 Å². The second-order valence-electron chi connectivity index (χ2n) is 5.67. The molecular formula is C17H16N2O6S. The van der Waals surface area contributed by atoms with Gasteiger partial charge in [-0.25, -0.2) is 9.69 Å². The fourth-order valence-electron chi connectivity index (χ4n) is 2.65. The molecule has 0 radical (unpaired) electrons. The third-order valence-corrected chi connectivity index (χ3v) is 4.50. The Balaban J connectivity index is 1.87. The number of carbonyl (C=O) groups is 2. The third-order valence-electron chi connectivity index (χ3n) is 3.92. The molecule has 3 rings (SSSR count). The number of nitrogens with zero attached hydrogens (tertiary/aromatic N) is 1. The van der Waals surface area contributed by atoms with Crippen LogP contribution in [0.15, 0.2) is 42.5 Å². The van der Waals surface area contributed by atoms with Gasteiger partial charge in [-0.1, -0.05) is 24.3 Å². The number of hydrogen-bond acceptors (Lipinski definition) is 5. The van der Waals surface area contributed by atoms with Crippen LogP contribution in [0.25, 0.3) is 0 Å². The van der Waals surface area contributed by atoms with E-state index < -0.39 is 17.0 Å². The lowest BCUT2D eigenvalue weighted by molar-refractivity contribution is -0.121. The topological polar surface area (TPSA) is 116 Å². The van der Waals surface area contributed by atoms with E-state index >= 15 is 0 Å². The number of fused-ring (bicyclic) bond motifs is 1. The zero-order chi connectivity index (χ0) is 18.7. The predicted octanol–water partition coefficient (Wildman–Crippen LogP) is 1.45. The lowest BCUT2D eigenvalue weighted by Crippen LogP contribution is -2.38. The lowest BCUT2D eigenvalue weighted by atomic mass is 10.1. The molecule has 2 aromatic carbocycles. The molecule has 1 aliphatic rings. The van der Waals surface area contributed by atoms with Crippen molar-refractivity contribution in [3.8, 4) is 5.75 Å². The molecule has 1 unspecified atom stereocenters. The fraction of sp³-hybridized carbons (Fsp3) is 0.176. The molecular weight excluding hydrogens is 360 g/mol. The fourth-order valence-corrected chi connectivity index (χ4v) is 3.12. The molecule has 3 N–H and O–H groups in total. The molecule has 0 bridgehead atoms. The van der Waals surface area contributed by atoms with E-state index in [0.29, 0.717) is 17.0 Å². The number of ether oxygens (including phenoxy) is 1. The molecule has 1 heterocycles. The van der Waals surface area contributed by atoms with Crippen molar-refractivity contribution >= 4 is 28.6 Å². The maximum Gasteiger partial charge on any atom is 0.274 e. The minimum absolute atomic E-state index is 0.0409. The molecule has 0 spiro atoms. The standard InChI is InChI=1S/C17H16N2O6S/c20-16-9-25-15-6-5-13(17(21)18-22)7-14(15)19(16)8-11-1-3-12(4-2-11)10-26(23)24/h1-7,22H,8-10H2,(H,18,21)(H,23,24). The predicted molar refractivity (Wildman–Crippen MR) is 93.3 cm³/mol. The minimum atomic E-state index is -1.91. The normalized spacial score (nSPS) is 14.4.